The first kappa shape index (κ1) is 22.4. The van der Waals surface area contributed by atoms with Crippen LogP contribution in [0.15, 0.2) is 0 Å². The maximum Gasteiger partial charge on any atom is 1.00 e. The molecule has 80 valence electrons. The molecule has 0 saturated carbocycles. The summed E-state index contributed by atoms with van der Waals surface area (Å²) < 4.78 is 21.0. The van der Waals surface area contributed by atoms with Crippen molar-refractivity contribution >= 4 is 15.2 Å². The van der Waals surface area contributed by atoms with Crippen LogP contribution in [0.1, 0.15) is 19.8 Å². The topological polar surface area (TPSA) is 141 Å². The minimum Gasteiger partial charge on any atom is -0.776 e. The third kappa shape index (κ3) is 5.62. The van der Waals surface area contributed by atoms with Gasteiger partial charge in [0.25, 0.3) is 0 Å². The van der Waals surface area contributed by atoms with Crippen LogP contribution in [-0.2, 0) is 9.13 Å². The van der Waals surface area contributed by atoms with E-state index in [0.29, 0.717) is 0 Å². The zero-order valence-corrected chi connectivity index (χ0v) is 14.6. The Morgan fingerprint density at radius 2 is 1.40 bits per heavy atom. The molecule has 0 aromatic rings. The van der Waals surface area contributed by atoms with Crippen molar-refractivity contribution in [2.45, 2.75) is 24.8 Å². The van der Waals surface area contributed by atoms with E-state index in [1.807, 2.05) is 0 Å². The molecule has 7 nitrogen and oxygen atoms in total. The van der Waals surface area contributed by atoms with Gasteiger partial charge in [0.05, 0.1) is 0 Å². The molecule has 0 aromatic heterocycles. The van der Waals surface area contributed by atoms with Gasteiger partial charge in [-0.25, -0.2) is 0 Å². The molecule has 11 heteroatoms. The van der Waals surface area contributed by atoms with Crippen LogP contribution in [0.3, 0.4) is 0 Å². The zero-order chi connectivity index (χ0) is 10.9. The van der Waals surface area contributed by atoms with Crippen molar-refractivity contribution in [3.05, 3.63) is 0 Å². The van der Waals surface area contributed by atoms with E-state index < -0.39 is 26.7 Å². The van der Waals surface area contributed by atoms with E-state index in [4.69, 9.17) is 14.9 Å². The molecule has 0 amide bonds. The van der Waals surface area contributed by atoms with Gasteiger partial charge in [-0.05, 0) is 6.42 Å². The van der Waals surface area contributed by atoms with E-state index >= 15 is 0 Å². The average molecular weight is 278 g/mol. The van der Waals surface area contributed by atoms with Gasteiger partial charge >= 0.3 is 59.1 Å². The number of rotatable bonds is 4. The molecule has 0 heterocycles. The first-order chi connectivity index (χ1) is 5.56. The molecule has 2 atom stereocenters. The second-order valence-electron chi connectivity index (χ2n) is 2.57. The summed E-state index contributed by atoms with van der Waals surface area (Å²) in [5.41, 5.74) is 0. The Kier molecular flexibility index (Phi) is 11.4. The van der Waals surface area contributed by atoms with E-state index in [0.717, 1.165) is 0 Å². The summed E-state index contributed by atoms with van der Waals surface area (Å²) in [5, 5.41) is 5.57. The molecule has 0 rings (SSSR count). The van der Waals surface area contributed by atoms with Gasteiger partial charge in [0.15, 0.2) is 20.3 Å². The van der Waals surface area contributed by atoms with Crippen LogP contribution < -0.4 is 68.9 Å². The monoisotopic (exact) mass is 278 g/mol. The van der Waals surface area contributed by atoms with Gasteiger partial charge in [0, 0.05) is 0 Å². The molecule has 0 fully saturated rings. The molecule has 0 aromatic carbocycles. The molecule has 0 spiro atoms. The van der Waals surface area contributed by atoms with Crippen LogP contribution >= 0.6 is 15.2 Å². The predicted molar refractivity (Wildman–Crippen MR) is 39.5 cm³/mol. The Bertz CT molecular complexity index is 248. The summed E-state index contributed by atoms with van der Waals surface area (Å²) in [4.78, 5) is 37.8. The zero-order valence-electron chi connectivity index (χ0n) is 8.78. The Morgan fingerprint density at radius 1 is 1.13 bits per heavy atom. The molecule has 0 aliphatic heterocycles. The van der Waals surface area contributed by atoms with Gasteiger partial charge in [0.1, 0.15) is 0 Å². The van der Waals surface area contributed by atoms with Crippen LogP contribution in [0, 0.1) is 0 Å². The van der Waals surface area contributed by atoms with Crippen molar-refractivity contribution in [2.24, 2.45) is 0 Å². The van der Waals surface area contributed by atoms with Gasteiger partial charge in [-0.15, -0.1) is 0 Å². The predicted octanol–water partition coefficient (Wildman–Crippen LogP) is -7.47. The second-order valence-corrected chi connectivity index (χ2v) is 6.48. The van der Waals surface area contributed by atoms with Crippen LogP contribution in [0.4, 0.5) is 0 Å². The molecular weight excluding hydrogens is 268 g/mol. The first-order valence-corrected chi connectivity index (χ1v) is 6.52. The number of hydrogen-bond donors (Lipinski definition) is 3. The van der Waals surface area contributed by atoms with E-state index in [9.17, 15) is 18.9 Å². The SMILES string of the molecule is CCCC(O)(P(=O)([O-])O)P(=O)([O-])O.[Na+].[Na+]. The van der Waals surface area contributed by atoms with Crippen molar-refractivity contribution < 1.29 is 92.9 Å². The second kappa shape index (κ2) is 7.64. The maximum atomic E-state index is 10.5. The van der Waals surface area contributed by atoms with Crippen molar-refractivity contribution in [2.75, 3.05) is 0 Å². The average Bonchev–Trinajstić information content (AvgIpc) is 1.82. The third-order valence-corrected chi connectivity index (χ3v) is 5.26. The van der Waals surface area contributed by atoms with Crippen LogP contribution in [-0.4, -0.2) is 20.0 Å². The van der Waals surface area contributed by atoms with E-state index in [1.165, 1.54) is 6.92 Å². The molecule has 15 heavy (non-hydrogen) atoms. The Morgan fingerprint density at radius 3 is 1.47 bits per heavy atom. The van der Waals surface area contributed by atoms with E-state index in [-0.39, 0.29) is 65.5 Å². The van der Waals surface area contributed by atoms with Gasteiger partial charge < -0.3 is 33.8 Å². The molecule has 3 N–H and O–H groups in total. The standard InChI is InChI=1S/C4H12O7P2.2Na/c1-2-3-4(5,12(6,7)8)13(9,10)11;;/h5H,2-3H2,1H3,(H2,6,7,8)(H2,9,10,11);;/q;2*+1/p-2. The van der Waals surface area contributed by atoms with Gasteiger partial charge in [-0.1, -0.05) is 13.3 Å². The van der Waals surface area contributed by atoms with Crippen LogP contribution in [0.25, 0.3) is 0 Å². The van der Waals surface area contributed by atoms with E-state index in [2.05, 4.69) is 0 Å². The summed E-state index contributed by atoms with van der Waals surface area (Å²) in [6.45, 7) is 1.39. The van der Waals surface area contributed by atoms with Crippen molar-refractivity contribution in [1.82, 2.24) is 0 Å². The first-order valence-electron chi connectivity index (χ1n) is 3.36. The largest absolute Gasteiger partial charge is 1.00 e. The minimum absolute atomic E-state index is 0. The quantitative estimate of drug-likeness (QED) is 0.342. The normalized spacial score (nSPS) is 22.3. The molecular formula is C4H10Na2O7P2. The van der Waals surface area contributed by atoms with Crippen LogP contribution in [0.5, 0.6) is 0 Å². The van der Waals surface area contributed by atoms with Crippen LogP contribution in [0.2, 0.25) is 0 Å². The summed E-state index contributed by atoms with van der Waals surface area (Å²) in [6, 6.07) is 0. The molecule has 0 aliphatic carbocycles. The molecule has 0 aliphatic rings. The fraction of sp³-hybridized carbons (Fsp3) is 1.00. The van der Waals surface area contributed by atoms with Crippen molar-refractivity contribution in [3.8, 4) is 0 Å². The van der Waals surface area contributed by atoms with Crippen molar-refractivity contribution in [3.63, 3.8) is 0 Å². The Labute approximate surface area is 132 Å². The Hall–Kier alpha value is 2.26. The smallest absolute Gasteiger partial charge is 0.776 e. The molecule has 2 unspecified atom stereocenters. The summed E-state index contributed by atoms with van der Waals surface area (Å²) in [5.74, 6) is 0. The van der Waals surface area contributed by atoms with E-state index in [1.54, 1.807) is 0 Å². The molecule has 0 radical (unpaired) electrons. The Balaban J connectivity index is -0.000000720. The molecule has 0 saturated heterocycles. The maximum absolute atomic E-state index is 10.5. The third-order valence-electron chi connectivity index (χ3n) is 1.49. The fourth-order valence-electron chi connectivity index (χ4n) is 0.778. The van der Waals surface area contributed by atoms with Gasteiger partial charge in [0.2, 0.25) is 0 Å². The summed E-state index contributed by atoms with van der Waals surface area (Å²) in [6.07, 6.45) is -0.808. The summed E-state index contributed by atoms with van der Waals surface area (Å²) >= 11 is 0. The number of aliphatic hydroxyl groups is 1. The minimum atomic E-state index is -5.55. The fourth-order valence-corrected chi connectivity index (χ4v) is 3.07. The van der Waals surface area contributed by atoms with Gasteiger partial charge in [-0.2, -0.15) is 0 Å². The molecule has 0 bridgehead atoms. The van der Waals surface area contributed by atoms with Crippen molar-refractivity contribution in [1.29, 1.82) is 0 Å². The summed E-state index contributed by atoms with van der Waals surface area (Å²) in [7, 11) is -11.1. The van der Waals surface area contributed by atoms with Gasteiger partial charge in [-0.3, -0.25) is 0 Å². The number of hydrogen-bond acceptors (Lipinski definition) is 5.